The third kappa shape index (κ3) is 3.64. The lowest BCUT2D eigenvalue weighted by Crippen LogP contribution is -2.17. The number of nitrogens with one attached hydrogen (secondary N) is 1. The number of fused-ring (bicyclic) bond motifs is 1. The summed E-state index contributed by atoms with van der Waals surface area (Å²) in [6.45, 7) is 5.69. The Hall–Kier alpha value is -1.86. The molecule has 1 aromatic carbocycles. The summed E-state index contributed by atoms with van der Waals surface area (Å²) in [6.07, 6.45) is 3.71. The molecule has 5 nitrogen and oxygen atoms in total. The van der Waals surface area contributed by atoms with Gasteiger partial charge in [0.1, 0.15) is 5.00 Å². The Bertz CT molecular complexity index is 945. The SMILES string of the molecule is CCOC(=O)c1c(NS(=O)(=O)c2ccc(C)cc2C)sc2c1CCCC2. The number of thiophene rings is 1. The van der Waals surface area contributed by atoms with E-state index in [0.29, 0.717) is 16.1 Å². The number of anilines is 1. The summed E-state index contributed by atoms with van der Waals surface area (Å²) in [4.78, 5) is 13.8. The second-order valence-corrected chi connectivity index (χ2v) is 9.27. The Kier molecular flexibility index (Phi) is 5.39. The summed E-state index contributed by atoms with van der Waals surface area (Å²) < 4.78 is 33.7. The smallest absolute Gasteiger partial charge is 0.341 e. The van der Waals surface area contributed by atoms with Gasteiger partial charge in [-0.25, -0.2) is 13.2 Å². The molecule has 1 aliphatic rings. The molecular weight excluding hydrogens is 370 g/mol. The zero-order chi connectivity index (χ0) is 18.9. The quantitative estimate of drug-likeness (QED) is 0.772. The highest BCUT2D eigenvalue weighted by Crippen LogP contribution is 2.39. The van der Waals surface area contributed by atoms with Crippen molar-refractivity contribution in [1.82, 2.24) is 0 Å². The lowest BCUT2D eigenvalue weighted by Gasteiger charge is -2.13. The maximum atomic E-state index is 12.9. The number of carbonyl (C=O) groups excluding carboxylic acids is 1. The first kappa shape index (κ1) is 18.9. The predicted molar refractivity (Wildman–Crippen MR) is 104 cm³/mol. The third-order valence-corrected chi connectivity index (χ3v) is 7.34. The average Bonchev–Trinajstić information content (AvgIpc) is 2.91. The fraction of sp³-hybridized carbons (Fsp3) is 0.421. The average molecular weight is 394 g/mol. The highest BCUT2D eigenvalue weighted by molar-refractivity contribution is 7.93. The molecule has 1 aliphatic carbocycles. The van der Waals surface area contributed by atoms with Gasteiger partial charge < -0.3 is 4.74 Å². The molecule has 1 N–H and O–H groups in total. The van der Waals surface area contributed by atoms with Crippen LogP contribution >= 0.6 is 11.3 Å². The Balaban J connectivity index is 2.03. The first-order valence-corrected chi connectivity index (χ1v) is 11.0. The molecule has 1 heterocycles. The van der Waals surface area contributed by atoms with Crippen molar-refractivity contribution in [3.8, 4) is 0 Å². The van der Waals surface area contributed by atoms with Crippen molar-refractivity contribution >= 4 is 32.3 Å². The van der Waals surface area contributed by atoms with Crippen LogP contribution in [0.5, 0.6) is 0 Å². The molecule has 0 amide bonds. The minimum atomic E-state index is -3.78. The summed E-state index contributed by atoms with van der Waals surface area (Å²) in [5.74, 6) is -0.453. The molecule has 0 spiro atoms. The Morgan fingerprint density at radius 1 is 1.23 bits per heavy atom. The van der Waals surface area contributed by atoms with Crippen LogP contribution < -0.4 is 4.72 Å². The van der Waals surface area contributed by atoms with E-state index in [1.165, 1.54) is 11.3 Å². The van der Waals surface area contributed by atoms with E-state index >= 15 is 0 Å². The Morgan fingerprint density at radius 2 is 1.96 bits per heavy atom. The highest BCUT2D eigenvalue weighted by Gasteiger charge is 2.29. The van der Waals surface area contributed by atoms with Gasteiger partial charge in [0.25, 0.3) is 10.0 Å². The van der Waals surface area contributed by atoms with Crippen LogP contribution in [0.3, 0.4) is 0 Å². The van der Waals surface area contributed by atoms with Crippen LogP contribution in [-0.2, 0) is 27.6 Å². The maximum Gasteiger partial charge on any atom is 0.341 e. The second kappa shape index (κ2) is 7.40. The van der Waals surface area contributed by atoms with Crippen molar-refractivity contribution in [3.05, 3.63) is 45.3 Å². The number of ether oxygens (including phenoxy) is 1. The molecule has 0 atom stereocenters. The second-order valence-electron chi connectivity index (χ2n) is 6.51. The summed E-state index contributed by atoms with van der Waals surface area (Å²) >= 11 is 1.36. The van der Waals surface area contributed by atoms with E-state index in [4.69, 9.17) is 4.74 Å². The molecule has 140 valence electrons. The van der Waals surface area contributed by atoms with Gasteiger partial charge in [-0.3, -0.25) is 4.72 Å². The molecule has 0 aliphatic heterocycles. The minimum absolute atomic E-state index is 0.226. The van der Waals surface area contributed by atoms with Crippen molar-refractivity contribution < 1.29 is 17.9 Å². The van der Waals surface area contributed by atoms with Gasteiger partial charge in [-0.15, -0.1) is 11.3 Å². The number of rotatable bonds is 5. The molecule has 0 saturated heterocycles. The van der Waals surface area contributed by atoms with Crippen LogP contribution in [0.2, 0.25) is 0 Å². The number of esters is 1. The number of aryl methyl sites for hydroxylation is 3. The summed E-state index contributed by atoms with van der Waals surface area (Å²) in [7, 11) is -3.78. The number of benzene rings is 1. The van der Waals surface area contributed by atoms with Crippen LogP contribution in [0.1, 0.15) is 51.7 Å². The van der Waals surface area contributed by atoms with Gasteiger partial charge in [0.15, 0.2) is 0 Å². The van der Waals surface area contributed by atoms with Crippen LogP contribution in [0.15, 0.2) is 23.1 Å². The molecule has 1 aromatic heterocycles. The number of hydrogen-bond donors (Lipinski definition) is 1. The largest absolute Gasteiger partial charge is 0.462 e. The maximum absolute atomic E-state index is 12.9. The van der Waals surface area contributed by atoms with Crippen molar-refractivity contribution in [2.75, 3.05) is 11.3 Å². The molecule has 0 fully saturated rings. The minimum Gasteiger partial charge on any atom is -0.462 e. The summed E-state index contributed by atoms with van der Waals surface area (Å²) in [5, 5.41) is 0.371. The van der Waals surface area contributed by atoms with Gasteiger partial charge in [-0.05, 0) is 63.6 Å². The van der Waals surface area contributed by atoms with E-state index in [2.05, 4.69) is 4.72 Å². The fourth-order valence-electron chi connectivity index (χ4n) is 3.33. The highest BCUT2D eigenvalue weighted by atomic mass is 32.2. The lowest BCUT2D eigenvalue weighted by atomic mass is 9.95. The number of hydrogen-bond acceptors (Lipinski definition) is 5. The number of sulfonamides is 1. The van der Waals surface area contributed by atoms with Gasteiger partial charge in [0.05, 0.1) is 17.1 Å². The van der Waals surface area contributed by atoms with E-state index < -0.39 is 16.0 Å². The molecule has 0 saturated carbocycles. The zero-order valence-electron chi connectivity index (χ0n) is 15.2. The standard InChI is InChI=1S/C19H23NO4S2/c1-4-24-19(21)17-14-7-5-6-8-15(14)25-18(17)20-26(22,23)16-10-9-12(2)11-13(16)3/h9-11,20H,4-8H2,1-3H3. The van der Waals surface area contributed by atoms with E-state index in [1.807, 2.05) is 13.0 Å². The van der Waals surface area contributed by atoms with E-state index in [9.17, 15) is 13.2 Å². The van der Waals surface area contributed by atoms with Crippen molar-refractivity contribution in [2.45, 2.75) is 51.3 Å². The lowest BCUT2D eigenvalue weighted by molar-refractivity contribution is 0.0526. The topological polar surface area (TPSA) is 72.5 Å². The Labute approximate surface area is 158 Å². The molecule has 3 rings (SSSR count). The van der Waals surface area contributed by atoms with Crippen molar-refractivity contribution in [3.63, 3.8) is 0 Å². The van der Waals surface area contributed by atoms with Gasteiger partial charge in [0, 0.05) is 4.88 Å². The third-order valence-electron chi connectivity index (χ3n) is 4.50. The van der Waals surface area contributed by atoms with Gasteiger partial charge in [-0.1, -0.05) is 17.7 Å². The van der Waals surface area contributed by atoms with Crippen LogP contribution in [-0.4, -0.2) is 21.0 Å². The normalized spacial score (nSPS) is 14.0. The van der Waals surface area contributed by atoms with Crippen LogP contribution in [0.4, 0.5) is 5.00 Å². The van der Waals surface area contributed by atoms with E-state index in [-0.39, 0.29) is 11.5 Å². The first-order valence-electron chi connectivity index (χ1n) is 8.75. The first-order chi connectivity index (χ1) is 12.3. The van der Waals surface area contributed by atoms with Crippen LogP contribution in [0, 0.1) is 13.8 Å². The zero-order valence-corrected chi connectivity index (χ0v) is 16.9. The van der Waals surface area contributed by atoms with Crippen molar-refractivity contribution in [2.24, 2.45) is 0 Å². The van der Waals surface area contributed by atoms with Gasteiger partial charge in [-0.2, -0.15) is 0 Å². The molecule has 26 heavy (non-hydrogen) atoms. The van der Waals surface area contributed by atoms with Gasteiger partial charge >= 0.3 is 5.97 Å². The molecular formula is C19H23NO4S2. The van der Waals surface area contributed by atoms with Crippen molar-refractivity contribution in [1.29, 1.82) is 0 Å². The Morgan fingerprint density at radius 3 is 2.65 bits per heavy atom. The molecule has 0 radical (unpaired) electrons. The molecule has 2 aromatic rings. The molecule has 0 unspecified atom stereocenters. The monoisotopic (exact) mass is 393 g/mol. The van der Waals surface area contributed by atoms with Crippen LogP contribution in [0.25, 0.3) is 0 Å². The fourth-order valence-corrected chi connectivity index (χ4v) is 6.15. The summed E-state index contributed by atoms with van der Waals surface area (Å²) in [6, 6.07) is 5.21. The van der Waals surface area contributed by atoms with Gasteiger partial charge in [0.2, 0.25) is 0 Å². The predicted octanol–water partition coefficient (Wildman–Crippen LogP) is 4.22. The molecule has 7 heteroatoms. The summed E-state index contributed by atoms with van der Waals surface area (Å²) in [5.41, 5.74) is 3.01. The van der Waals surface area contributed by atoms with E-state index in [0.717, 1.165) is 41.7 Å². The number of carbonyl (C=O) groups is 1. The van der Waals surface area contributed by atoms with E-state index in [1.54, 1.807) is 26.0 Å². The molecule has 0 bridgehead atoms.